The van der Waals surface area contributed by atoms with E-state index >= 15 is 0 Å². The van der Waals surface area contributed by atoms with Crippen LogP contribution in [0.5, 0.6) is 0 Å². The number of pyridine rings is 1. The molecule has 3 aromatic rings. The van der Waals surface area contributed by atoms with E-state index in [9.17, 15) is 9.59 Å². The van der Waals surface area contributed by atoms with Gasteiger partial charge >= 0.3 is 0 Å². The first-order chi connectivity index (χ1) is 16.5. The number of thiazole rings is 1. The molecule has 2 amide bonds. The smallest absolute Gasteiger partial charge is 0.270 e. The lowest BCUT2D eigenvalue weighted by atomic mass is 9.71. The highest BCUT2D eigenvalue weighted by molar-refractivity contribution is 7.09. The number of piperidine rings is 1. The molecule has 34 heavy (non-hydrogen) atoms. The largest absolute Gasteiger partial charge is 0.378 e. The van der Waals surface area contributed by atoms with Crippen LogP contribution in [0.25, 0.3) is 0 Å². The molecule has 2 atom stereocenters. The van der Waals surface area contributed by atoms with Gasteiger partial charge in [0.2, 0.25) is 5.91 Å². The van der Waals surface area contributed by atoms with Crippen molar-refractivity contribution in [3.8, 4) is 0 Å². The normalized spacial score (nSPS) is 20.8. The topological polar surface area (TPSA) is 84.4 Å². The summed E-state index contributed by atoms with van der Waals surface area (Å²) in [4.78, 5) is 36.5. The molecule has 0 unspecified atom stereocenters. The zero-order valence-corrected chi connectivity index (χ0v) is 20.2. The van der Waals surface area contributed by atoms with Crippen LogP contribution in [0.1, 0.15) is 51.2 Å². The van der Waals surface area contributed by atoms with Gasteiger partial charge in [0.1, 0.15) is 5.69 Å². The number of fused-ring (bicyclic) bond motifs is 2. The molecule has 1 saturated heterocycles. The van der Waals surface area contributed by atoms with Crippen molar-refractivity contribution in [2.45, 2.75) is 43.7 Å². The van der Waals surface area contributed by atoms with Gasteiger partial charge in [0.25, 0.3) is 5.91 Å². The number of hydrogen-bond acceptors (Lipinski definition) is 6. The minimum atomic E-state index is -0.282. The van der Waals surface area contributed by atoms with Gasteiger partial charge in [0.05, 0.1) is 29.3 Å². The summed E-state index contributed by atoms with van der Waals surface area (Å²) in [6.07, 6.45) is 3.29. The molecule has 1 aliphatic carbocycles. The van der Waals surface area contributed by atoms with Crippen molar-refractivity contribution in [3.05, 3.63) is 81.6 Å². The second kappa shape index (κ2) is 9.27. The van der Waals surface area contributed by atoms with E-state index in [4.69, 9.17) is 4.74 Å². The van der Waals surface area contributed by atoms with Crippen molar-refractivity contribution in [1.82, 2.24) is 20.2 Å². The number of likely N-dealkylation sites (tertiary alicyclic amines) is 1. The molecule has 7 nitrogen and oxygen atoms in total. The lowest BCUT2D eigenvalue weighted by Crippen LogP contribution is -2.52. The monoisotopic (exact) mass is 476 g/mol. The van der Waals surface area contributed by atoms with Crippen LogP contribution in [0.15, 0.2) is 54.0 Å². The van der Waals surface area contributed by atoms with E-state index in [1.807, 2.05) is 29.3 Å². The SMILES string of the molecule is CO[C@H]1[C@H](NC(=O)c2ccccn2)c2ccccc2C12CCN(C(=O)Cc1csc(C)n1)CC2. The molecule has 5 rings (SSSR count). The molecular formula is C26H28N4O3S. The third kappa shape index (κ3) is 4.01. The quantitative estimate of drug-likeness (QED) is 0.610. The van der Waals surface area contributed by atoms with Crippen molar-refractivity contribution in [2.75, 3.05) is 20.2 Å². The Kier molecular flexibility index (Phi) is 6.18. The maximum Gasteiger partial charge on any atom is 0.270 e. The summed E-state index contributed by atoms with van der Waals surface area (Å²) < 4.78 is 6.08. The summed E-state index contributed by atoms with van der Waals surface area (Å²) in [6.45, 7) is 3.25. The van der Waals surface area contributed by atoms with Crippen LogP contribution in [-0.4, -0.2) is 53.0 Å². The number of carbonyl (C=O) groups is 2. The highest BCUT2D eigenvalue weighted by Crippen LogP contribution is 2.52. The van der Waals surface area contributed by atoms with E-state index in [0.717, 1.165) is 29.1 Å². The molecule has 1 N–H and O–H groups in total. The fourth-order valence-corrected chi connectivity index (χ4v) is 6.16. The van der Waals surface area contributed by atoms with Crippen LogP contribution in [0.3, 0.4) is 0 Å². The standard InChI is InChI=1S/C26H28N4O3S/c1-17-28-18(16-34-17)15-22(31)30-13-10-26(11-14-30)20-8-4-3-7-19(20)23(24(26)33-2)29-25(32)21-9-5-6-12-27-21/h3-9,12,16,23-24H,10-11,13-15H2,1-2H3,(H,29,32)/t23-,24+/m1/s1. The molecule has 1 aromatic carbocycles. The average Bonchev–Trinajstić information content (AvgIpc) is 3.38. The average molecular weight is 477 g/mol. The first kappa shape index (κ1) is 22.7. The molecule has 1 spiro atoms. The third-order valence-corrected chi connectivity index (χ3v) is 7.95. The van der Waals surface area contributed by atoms with Crippen molar-refractivity contribution >= 4 is 23.2 Å². The number of methoxy groups -OCH3 is 1. The predicted molar refractivity (Wildman–Crippen MR) is 130 cm³/mol. The Balaban J connectivity index is 1.36. The van der Waals surface area contributed by atoms with Crippen LogP contribution in [-0.2, 0) is 21.4 Å². The summed E-state index contributed by atoms with van der Waals surface area (Å²) in [5.74, 6) is -0.105. The Morgan fingerprint density at radius 2 is 1.94 bits per heavy atom. The van der Waals surface area contributed by atoms with Gasteiger partial charge in [0, 0.05) is 37.2 Å². The summed E-state index contributed by atoms with van der Waals surface area (Å²) in [5, 5.41) is 6.12. The highest BCUT2D eigenvalue weighted by atomic mass is 32.1. The summed E-state index contributed by atoms with van der Waals surface area (Å²) in [5.41, 5.74) is 3.24. The highest BCUT2D eigenvalue weighted by Gasteiger charge is 2.54. The van der Waals surface area contributed by atoms with Gasteiger partial charge in [-0.2, -0.15) is 0 Å². The number of ether oxygens (including phenoxy) is 1. The van der Waals surface area contributed by atoms with E-state index < -0.39 is 0 Å². The van der Waals surface area contributed by atoms with E-state index in [1.165, 1.54) is 5.56 Å². The molecule has 1 fully saturated rings. The number of carbonyl (C=O) groups excluding carboxylic acids is 2. The van der Waals surface area contributed by atoms with Crippen molar-refractivity contribution in [1.29, 1.82) is 0 Å². The minimum absolute atomic E-state index is 0.111. The van der Waals surface area contributed by atoms with E-state index in [1.54, 1.807) is 42.8 Å². The number of hydrogen-bond donors (Lipinski definition) is 1. The number of amides is 2. The van der Waals surface area contributed by atoms with Crippen LogP contribution in [0, 0.1) is 6.92 Å². The molecule has 1 aliphatic heterocycles. The van der Waals surface area contributed by atoms with Gasteiger partial charge in [0.15, 0.2) is 0 Å². The summed E-state index contributed by atoms with van der Waals surface area (Å²) in [7, 11) is 1.71. The second-order valence-corrected chi connectivity index (χ2v) is 10.0. The van der Waals surface area contributed by atoms with Crippen molar-refractivity contribution in [2.24, 2.45) is 0 Å². The maximum absolute atomic E-state index is 13.0. The van der Waals surface area contributed by atoms with Crippen molar-refractivity contribution in [3.63, 3.8) is 0 Å². The lowest BCUT2D eigenvalue weighted by molar-refractivity contribution is -0.133. The molecule has 0 bridgehead atoms. The summed E-state index contributed by atoms with van der Waals surface area (Å²) in [6, 6.07) is 13.3. The number of benzene rings is 1. The zero-order chi connectivity index (χ0) is 23.7. The van der Waals surface area contributed by atoms with Gasteiger partial charge in [-0.15, -0.1) is 11.3 Å². The Hall–Kier alpha value is -3.10. The van der Waals surface area contributed by atoms with Crippen LogP contribution < -0.4 is 5.32 Å². The maximum atomic E-state index is 13.0. The number of aromatic nitrogens is 2. The van der Waals surface area contributed by atoms with Gasteiger partial charge < -0.3 is 15.0 Å². The molecule has 3 heterocycles. The lowest BCUT2D eigenvalue weighted by Gasteiger charge is -2.44. The van der Waals surface area contributed by atoms with Gasteiger partial charge in [-0.05, 0) is 43.0 Å². The molecule has 2 aromatic heterocycles. The summed E-state index contributed by atoms with van der Waals surface area (Å²) >= 11 is 1.57. The molecule has 2 aliphatic rings. The fourth-order valence-electron chi connectivity index (χ4n) is 5.55. The van der Waals surface area contributed by atoms with Crippen LogP contribution in [0.2, 0.25) is 0 Å². The first-order valence-corrected chi connectivity index (χ1v) is 12.4. The predicted octanol–water partition coefficient (Wildman–Crippen LogP) is 3.45. The minimum Gasteiger partial charge on any atom is -0.378 e. The van der Waals surface area contributed by atoms with E-state index in [-0.39, 0.29) is 29.4 Å². The Morgan fingerprint density at radius 3 is 2.62 bits per heavy atom. The molecule has 8 heteroatoms. The number of nitrogens with zero attached hydrogens (tertiary/aromatic N) is 3. The molecule has 0 saturated carbocycles. The molecule has 0 radical (unpaired) electrons. The number of nitrogens with one attached hydrogen (secondary N) is 1. The fraction of sp³-hybridized carbons (Fsp3) is 0.385. The second-order valence-electron chi connectivity index (χ2n) is 8.98. The zero-order valence-electron chi connectivity index (χ0n) is 19.4. The Bertz CT molecular complexity index is 1190. The van der Waals surface area contributed by atoms with Gasteiger partial charge in [-0.1, -0.05) is 30.3 Å². The Labute approximate surface area is 203 Å². The van der Waals surface area contributed by atoms with Crippen LogP contribution in [0.4, 0.5) is 0 Å². The van der Waals surface area contributed by atoms with Crippen molar-refractivity contribution < 1.29 is 14.3 Å². The van der Waals surface area contributed by atoms with E-state index in [2.05, 4.69) is 27.4 Å². The van der Waals surface area contributed by atoms with E-state index in [0.29, 0.717) is 25.2 Å². The first-order valence-electron chi connectivity index (χ1n) is 11.5. The molecule has 176 valence electrons. The third-order valence-electron chi connectivity index (χ3n) is 7.12. The number of rotatable bonds is 5. The molecular weight excluding hydrogens is 448 g/mol. The van der Waals surface area contributed by atoms with Gasteiger partial charge in [-0.25, -0.2) is 4.98 Å². The van der Waals surface area contributed by atoms with Crippen LogP contribution >= 0.6 is 11.3 Å². The van der Waals surface area contributed by atoms with Gasteiger partial charge in [-0.3, -0.25) is 14.6 Å². The Morgan fingerprint density at radius 1 is 1.18 bits per heavy atom. The number of aryl methyl sites for hydroxylation is 1.